The normalized spacial score (nSPS) is 10.4. The number of carbonyl (C=O) groups excluding carboxylic acids is 3. The van der Waals surface area contributed by atoms with Crippen molar-refractivity contribution < 1.29 is 49.0 Å². The van der Waals surface area contributed by atoms with E-state index in [1.807, 2.05) is 0 Å². The Morgan fingerprint density at radius 3 is 1.03 bits per heavy atom. The summed E-state index contributed by atoms with van der Waals surface area (Å²) in [7, 11) is 1.00. The molecule has 0 aromatic rings. The molecule has 0 fully saturated rings. The van der Waals surface area contributed by atoms with Gasteiger partial charge in [-0.15, -0.1) is 0 Å². The molecule has 0 saturated heterocycles. The smallest absolute Gasteiger partial charge is 0.305 e. The zero-order chi connectivity index (χ0) is 25.2. The van der Waals surface area contributed by atoms with Crippen molar-refractivity contribution in [3.8, 4) is 0 Å². The molecule has 0 radical (unpaired) electrons. The molecule has 33 heavy (non-hydrogen) atoms. The molecular formula is C23H44O10. The van der Waals surface area contributed by atoms with Crippen molar-refractivity contribution >= 4 is 17.9 Å². The number of hydrogen-bond acceptors (Lipinski definition) is 10. The number of carbonyl (C=O) groups is 3. The molecule has 0 bridgehead atoms. The minimum atomic E-state index is -0.454. The summed E-state index contributed by atoms with van der Waals surface area (Å²) in [5.74, 6) is -1.60. The molecule has 0 aromatic heterocycles. The van der Waals surface area contributed by atoms with Gasteiger partial charge in [0.25, 0.3) is 0 Å². The first-order valence-corrected chi connectivity index (χ1v) is 11.8. The van der Waals surface area contributed by atoms with Crippen LogP contribution in [-0.2, 0) is 28.6 Å². The lowest BCUT2D eigenvalue weighted by Crippen LogP contribution is -2.26. The average Bonchev–Trinajstić information content (AvgIpc) is 2.83. The minimum absolute atomic E-state index is 0.0194. The van der Waals surface area contributed by atoms with Gasteiger partial charge in [0.05, 0.1) is 5.92 Å². The number of aliphatic hydroxyl groups is 4. The molecule has 0 unspecified atom stereocenters. The molecule has 0 aliphatic rings. The number of ether oxygens (including phenoxy) is 3. The Morgan fingerprint density at radius 2 is 0.788 bits per heavy atom. The molecule has 196 valence electrons. The average molecular weight is 481 g/mol. The number of esters is 3. The van der Waals surface area contributed by atoms with Crippen LogP contribution in [0.3, 0.4) is 0 Å². The highest BCUT2D eigenvalue weighted by Crippen LogP contribution is 2.08. The molecule has 4 N–H and O–H groups in total. The molecule has 10 heteroatoms. The Balaban J connectivity index is 0. The summed E-state index contributed by atoms with van der Waals surface area (Å²) in [5.41, 5.74) is 0. The number of unbranched alkanes of at least 4 members (excludes halogenated alkanes) is 6. The highest BCUT2D eigenvalue weighted by atomic mass is 16.6. The Bertz CT molecular complexity index is 404. The van der Waals surface area contributed by atoms with Gasteiger partial charge >= 0.3 is 17.9 Å². The van der Waals surface area contributed by atoms with Crippen molar-refractivity contribution in [1.82, 2.24) is 0 Å². The summed E-state index contributed by atoms with van der Waals surface area (Å²) >= 11 is 0. The van der Waals surface area contributed by atoms with Gasteiger partial charge in [0, 0.05) is 46.2 Å². The molecule has 0 aliphatic carbocycles. The maximum Gasteiger partial charge on any atom is 0.305 e. The first-order chi connectivity index (χ1) is 16.0. The lowest BCUT2D eigenvalue weighted by molar-refractivity contribution is -0.153. The molecule has 0 aromatic carbocycles. The van der Waals surface area contributed by atoms with Crippen LogP contribution >= 0.6 is 0 Å². The van der Waals surface area contributed by atoms with E-state index in [4.69, 9.17) is 34.6 Å². The quantitative estimate of drug-likeness (QED) is 0.108. The van der Waals surface area contributed by atoms with Crippen LogP contribution in [0.5, 0.6) is 0 Å². The Labute approximate surface area is 197 Å². The van der Waals surface area contributed by atoms with E-state index in [0.717, 1.165) is 26.4 Å². The summed E-state index contributed by atoms with van der Waals surface area (Å²) < 4.78 is 15.7. The maximum atomic E-state index is 11.9. The van der Waals surface area contributed by atoms with Gasteiger partial charge in [-0.2, -0.15) is 0 Å². The lowest BCUT2D eigenvalue weighted by atomic mass is 10.1. The van der Waals surface area contributed by atoms with Gasteiger partial charge in [0.1, 0.15) is 19.8 Å². The van der Waals surface area contributed by atoms with Crippen LogP contribution in [0.2, 0.25) is 0 Å². The van der Waals surface area contributed by atoms with Gasteiger partial charge in [-0.05, 0) is 38.5 Å². The molecule has 0 rings (SSSR count). The molecule has 0 amide bonds. The van der Waals surface area contributed by atoms with Crippen molar-refractivity contribution in [2.24, 2.45) is 5.92 Å². The summed E-state index contributed by atoms with van der Waals surface area (Å²) in [6.07, 6.45) is 6.69. The van der Waals surface area contributed by atoms with Gasteiger partial charge in [0.15, 0.2) is 0 Å². The fourth-order valence-corrected chi connectivity index (χ4v) is 2.67. The van der Waals surface area contributed by atoms with E-state index in [-0.39, 0.29) is 76.8 Å². The third-order valence-corrected chi connectivity index (χ3v) is 4.56. The monoisotopic (exact) mass is 480 g/mol. The molecule has 0 spiro atoms. The first-order valence-electron chi connectivity index (χ1n) is 11.8. The van der Waals surface area contributed by atoms with Gasteiger partial charge in [-0.1, -0.05) is 19.3 Å². The Kier molecular flexibility index (Phi) is 26.8. The van der Waals surface area contributed by atoms with E-state index in [1.165, 1.54) is 0 Å². The second kappa shape index (κ2) is 26.5. The molecule has 10 nitrogen and oxygen atoms in total. The van der Waals surface area contributed by atoms with E-state index in [9.17, 15) is 14.4 Å². The van der Waals surface area contributed by atoms with Crippen molar-refractivity contribution in [3.05, 3.63) is 0 Å². The Hall–Kier alpha value is -1.75. The van der Waals surface area contributed by atoms with Crippen LogP contribution in [0.1, 0.15) is 77.0 Å². The standard InChI is InChI=1S/C22H40O9.CH4O/c23-13-7-1-4-10-20(26)29-16-19(17-30-21(27)11-5-2-8-14-24)18-31-22(28)12-6-3-9-15-25;1-2/h19,23-25H,1-18H2;2H,1H3. The van der Waals surface area contributed by atoms with E-state index in [2.05, 4.69) is 0 Å². The summed E-state index contributed by atoms with van der Waals surface area (Å²) in [6.45, 7) is 0.215. The molecule has 0 aliphatic heterocycles. The van der Waals surface area contributed by atoms with Gasteiger partial charge in [0.2, 0.25) is 0 Å². The second-order valence-electron chi connectivity index (χ2n) is 7.52. The minimum Gasteiger partial charge on any atom is -0.465 e. The van der Waals surface area contributed by atoms with E-state index >= 15 is 0 Å². The lowest BCUT2D eigenvalue weighted by Gasteiger charge is -2.17. The zero-order valence-electron chi connectivity index (χ0n) is 20.0. The van der Waals surface area contributed by atoms with Crippen LogP contribution < -0.4 is 0 Å². The zero-order valence-corrected chi connectivity index (χ0v) is 20.0. The molecule has 0 saturated carbocycles. The first kappa shape index (κ1) is 33.4. The highest BCUT2D eigenvalue weighted by Gasteiger charge is 2.17. The second-order valence-corrected chi connectivity index (χ2v) is 7.52. The maximum absolute atomic E-state index is 11.9. The fourth-order valence-electron chi connectivity index (χ4n) is 2.67. The van der Waals surface area contributed by atoms with Crippen molar-refractivity contribution in [3.63, 3.8) is 0 Å². The third kappa shape index (κ3) is 24.7. The van der Waals surface area contributed by atoms with E-state index in [0.29, 0.717) is 38.5 Å². The Morgan fingerprint density at radius 1 is 0.515 bits per heavy atom. The van der Waals surface area contributed by atoms with Crippen molar-refractivity contribution in [2.45, 2.75) is 77.0 Å². The number of aliphatic hydroxyl groups excluding tert-OH is 4. The van der Waals surface area contributed by atoms with Crippen molar-refractivity contribution in [1.29, 1.82) is 0 Å². The molecular weight excluding hydrogens is 436 g/mol. The van der Waals surface area contributed by atoms with E-state index < -0.39 is 5.92 Å². The van der Waals surface area contributed by atoms with Crippen LogP contribution in [0.4, 0.5) is 0 Å². The van der Waals surface area contributed by atoms with Crippen LogP contribution in [0.25, 0.3) is 0 Å². The van der Waals surface area contributed by atoms with Gasteiger partial charge < -0.3 is 34.6 Å². The molecule has 0 heterocycles. The fraction of sp³-hybridized carbons (Fsp3) is 0.870. The predicted molar refractivity (Wildman–Crippen MR) is 121 cm³/mol. The summed E-state index contributed by atoms with van der Waals surface area (Å²) in [4.78, 5) is 35.6. The third-order valence-electron chi connectivity index (χ3n) is 4.56. The van der Waals surface area contributed by atoms with Crippen molar-refractivity contribution in [2.75, 3.05) is 46.8 Å². The van der Waals surface area contributed by atoms with Crippen LogP contribution in [0.15, 0.2) is 0 Å². The van der Waals surface area contributed by atoms with Gasteiger partial charge in [-0.3, -0.25) is 14.4 Å². The van der Waals surface area contributed by atoms with Crippen LogP contribution in [0, 0.1) is 5.92 Å². The molecule has 0 atom stereocenters. The summed E-state index contributed by atoms with van der Waals surface area (Å²) in [6, 6.07) is 0. The summed E-state index contributed by atoms with van der Waals surface area (Å²) in [5, 5.41) is 33.3. The highest BCUT2D eigenvalue weighted by molar-refractivity contribution is 5.70. The number of hydrogen-bond donors (Lipinski definition) is 4. The SMILES string of the molecule is CO.O=C(CCCCCO)OCC(COC(=O)CCCCCO)COC(=O)CCCCCO. The number of rotatable bonds is 21. The topological polar surface area (TPSA) is 160 Å². The largest absolute Gasteiger partial charge is 0.465 e. The predicted octanol–water partition coefficient (Wildman–Crippen LogP) is 1.50. The van der Waals surface area contributed by atoms with Crippen LogP contribution in [-0.4, -0.2) is 85.1 Å². The van der Waals surface area contributed by atoms with E-state index in [1.54, 1.807) is 0 Å². The van der Waals surface area contributed by atoms with Gasteiger partial charge in [-0.25, -0.2) is 0 Å².